The van der Waals surface area contributed by atoms with Crippen LogP contribution in [0.1, 0.15) is 63.2 Å². The van der Waals surface area contributed by atoms with Gasteiger partial charge in [0.25, 0.3) is 0 Å². The number of unbranched alkanes of at least 4 members (excludes halogenated alkanes) is 1. The maximum absolute atomic E-state index is 11.0. The van der Waals surface area contributed by atoms with E-state index in [1.807, 2.05) is 6.92 Å². The fourth-order valence-corrected chi connectivity index (χ4v) is 2.08. The monoisotopic (exact) mass is 399 g/mol. The SMILES string of the molecule is C1CCOCC1.CC(=O)Nc1cccc(C(C)=O)c1.CCCCOC(=O)Cl. The molecule has 1 amide bonds. The van der Waals surface area contributed by atoms with Crippen molar-refractivity contribution in [2.75, 3.05) is 25.1 Å². The molecular weight excluding hydrogens is 370 g/mol. The number of benzene rings is 1. The van der Waals surface area contributed by atoms with Crippen molar-refractivity contribution in [1.29, 1.82) is 0 Å². The van der Waals surface area contributed by atoms with Gasteiger partial charge in [0.2, 0.25) is 5.91 Å². The summed E-state index contributed by atoms with van der Waals surface area (Å²) in [5, 5.41) is 2.61. The Morgan fingerprint density at radius 3 is 2.22 bits per heavy atom. The molecule has 6 nitrogen and oxygen atoms in total. The molecule has 152 valence electrons. The standard InChI is InChI=1S/C10H11NO2.C5H9ClO2.C5H10O/c1-7(12)9-4-3-5-10(6-9)11-8(2)13;1-2-3-4-8-5(6)7;1-2-4-6-5-3-1/h3-6H,1-2H3,(H,11,13);2-4H2,1H3;1-5H2. The van der Waals surface area contributed by atoms with Crippen LogP contribution in [0.3, 0.4) is 0 Å². The number of hydrogen-bond donors (Lipinski definition) is 1. The summed E-state index contributed by atoms with van der Waals surface area (Å²) >= 11 is 4.85. The number of ether oxygens (including phenoxy) is 2. The van der Waals surface area contributed by atoms with E-state index in [4.69, 9.17) is 16.3 Å². The summed E-state index contributed by atoms with van der Waals surface area (Å²) in [6, 6.07) is 6.85. The first-order valence-corrected chi connectivity index (χ1v) is 9.53. The molecule has 27 heavy (non-hydrogen) atoms. The second-order valence-electron chi connectivity index (χ2n) is 5.93. The van der Waals surface area contributed by atoms with E-state index in [1.165, 1.54) is 33.1 Å². The van der Waals surface area contributed by atoms with Crippen LogP contribution in [0.4, 0.5) is 10.5 Å². The fourth-order valence-electron chi connectivity index (χ4n) is 2.00. The molecule has 1 aliphatic heterocycles. The molecule has 0 spiro atoms. The van der Waals surface area contributed by atoms with Gasteiger partial charge in [0.15, 0.2) is 5.78 Å². The van der Waals surface area contributed by atoms with Gasteiger partial charge in [-0.2, -0.15) is 0 Å². The molecule has 0 aliphatic carbocycles. The summed E-state index contributed by atoms with van der Waals surface area (Å²) in [5.41, 5.74) is 0.546. The van der Waals surface area contributed by atoms with Crippen molar-refractivity contribution in [1.82, 2.24) is 0 Å². The number of carbonyl (C=O) groups is 3. The van der Waals surface area contributed by atoms with Gasteiger partial charge in [0.1, 0.15) is 0 Å². The van der Waals surface area contributed by atoms with Crippen LogP contribution >= 0.6 is 11.6 Å². The van der Waals surface area contributed by atoms with E-state index in [2.05, 4.69) is 10.1 Å². The maximum atomic E-state index is 11.0. The molecule has 0 saturated carbocycles. The van der Waals surface area contributed by atoms with E-state index < -0.39 is 5.43 Å². The number of hydrogen-bond acceptors (Lipinski definition) is 5. The lowest BCUT2D eigenvalue weighted by Gasteiger charge is -2.08. The highest BCUT2D eigenvalue weighted by molar-refractivity contribution is 6.61. The van der Waals surface area contributed by atoms with Gasteiger partial charge in [0.05, 0.1) is 6.61 Å². The van der Waals surface area contributed by atoms with Crippen molar-refractivity contribution in [3.05, 3.63) is 29.8 Å². The van der Waals surface area contributed by atoms with Gasteiger partial charge in [0, 0.05) is 43.0 Å². The molecule has 1 aromatic rings. The van der Waals surface area contributed by atoms with E-state index in [0.717, 1.165) is 26.1 Å². The number of carbonyl (C=O) groups excluding carboxylic acids is 3. The van der Waals surface area contributed by atoms with Crippen LogP contribution in [0.5, 0.6) is 0 Å². The molecule has 7 heteroatoms. The zero-order chi connectivity index (χ0) is 20.5. The van der Waals surface area contributed by atoms with E-state index in [0.29, 0.717) is 17.9 Å². The molecular formula is C20H30ClNO5. The lowest BCUT2D eigenvalue weighted by atomic mass is 10.1. The molecule has 1 saturated heterocycles. The smallest absolute Gasteiger partial charge is 0.403 e. The number of ketones is 1. The normalized spacial score (nSPS) is 12.4. The highest BCUT2D eigenvalue weighted by Gasteiger charge is 2.00. The number of anilines is 1. The lowest BCUT2D eigenvalue weighted by Crippen LogP contribution is -2.06. The predicted molar refractivity (Wildman–Crippen MR) is 108 cm³/mol. The summed E-state index contributed by atoms with van der Waals surface area (Å²) in [6.45, 7) is 7.38. The van der Waals surface area contributed by atoms with Crippen molar-refractivity contribution in [3.63, 3.8) is 0 Å². The maximum Gasteiger partial charge on any atom is 0.403 e. The molecule has 1 aliphatic rings. The Hall–Kier alpha value is -1.92. The van der Waals surface area contributed by atoms with Crippen molar-refractivity contribution in [3.8, 4) is 0 Å². The van der Waals surface area contributed by atoms with Crippen molar-refractivity contribution in [2.24, 2.45) is 0 Å². The van der Waals surface area contributed by atoms with E-state index in [9.17, 15) is 14.4 Å². The largest absolute Gasteiger partial charge is 0.454 e. The highest BCUT2D eigenvalue weighted by Crippen LogP contribution is 2.10. The van der Waals surface area contributed by atoms with Crippen LogP contribution in [-0.4, -0.2) is 36.9 Å². The Morgan fingerprint density at radius 2 is 1.81 bits per heavy atom. The van der Waals surface area contributed by atoms with Gasteiger partial charge < -0.3 is 14.8 Å². The second kappa shape index (κ2) is 16.3. The number of nitrogens with one attached hydrogen (secondary N) is 1. The number of halogens is 1. The summed E-state index contributed by atoms with van der Waals surface area (Å²) in [4.78, 5) is 31.5. The number of rotatable bonds is 5. The second-order valence-corrected chi connectivity index (χ2v) is 6.24. The molecule has 1 fully saturated rings. The summed E-state index contributed by atoms with van der Waals surface area (Å²) in [5.74, 6) is -0.145. The summed E-state index contributed by atoms with van der Waals surface area (Å²) in [6.07, 6.45) is 5.84. The Labute approximate surface area is 166 Å². The van der Waals surface area contributed by atoms with Gasteiger partial charge in [-0.25, -0.2) is 4.79 Å². The van der Waals surface area contributed by atoms with Crippen LogP contribution in [0.25, 0.3) is 0 Å². The summed E-state index contributed by atoms with van der Waals surface area (Å²) in [7, 11) is 0. The first kappa shape index (κ1) is 25.1. The van der Waals surface area contributed by atoms with Crippen LogP contribution in [0.2, 0.25) is 0 Å². The zero-order valence-corrected chi connectivity index (χ0v) is 17.1. The molecule has 0 aromatic heterocycles. The van der Waals surface area contributed by atoms with Gasteiger partial charge in [-0.05, 0) is 44.7 Å². The Bertz CT molecular complexity index is 562. The topological polar surface area (TPSA) is 81.7 Å². The third-order valence-corrected chi connectivity index (χ3v) is 3.49. The molecule has 2 rings (SSSR count). The lowest BCUT2D eigenvalue weighted by molar-refractivity contribution is -0.114. The minimum atomic E-state index is -0.710. The molecule has 1 aromatic carbocycles. The Kier molecular flexibility index (Phi) is 15.1. The number of Topliss-reactive ketones (excluding diaryl/α,β-unsaturated/α-hetero) is 1. The van der Waals surface area contributed by atoms with Crippen LogP contribution in [0.15, 0.2) is 24.3 Å². The van der Waals surface area contributed by atoms with Crippen LogP contribution in [-0.2, 0) is 14.3 Å². The quantitative estimate of drug-likeness (QED) is 0.418. The zero-order valence-electron chi connectivity index (χ0n) is 16.4. The third-order valence-electron chi connectivity index (χ3n) is 3.38. The fraction of sp³-hybridized carbons (Fsp3) is 0.550. The highest BCUT2D eigenvalue weighted by atomic mass is 35.5. The molecule has 0 unspecified atom stereocenters. The van der Waals surface area contributed by atoms with Gasteiger partial charge in [-0.1, -0.05) is 25.5 Å². The third kappa shape index (κ3) is 16.0. The van der Waals surface area contributed by atoms with Gasteiger partial charge >= 0.3 is 5.43 Å². The molecule has 1 N–H and O–H groups in total. The van der Waals surface area contributed by atoms with E-state index >= 15 is 0 Å². The average Bonchev–Trinajstić information content (AvgIpc) is 2.64. The van der Waals surface area contributed by atoms with Crippen molar-refractivity contribution >= 4 is 34.4 Å². The summed E-state index contributed by atoms with van der Waals surface area (Å²) < 4.78 is 9.48. The number of amides is 1. The van der Waals surface area contributed by atoms with E-state index in [-0.39, 0.29) is 11.7 Å². The molecule has 1 heterocycles. The van der Waals surface area contributed by atoms with Crippen LogP contribution < -0.4 is 5.32 Å². The van der Waals surface area contributed by atoms with E-state index in [1.54, 1.807) is 24.3 Å². The first-order chi connectivity index (χ1) is 12.9. The van der Waals surface area contributed by atoms with Gasteiger partial charge in [-0.3, -0.25) is 9.59 Å². The average molecular weight is 400 g/mol. The van der Waals surface area contributed by atoms with Crippen LogP contribution in [0, 0.1) is 0 Å². The van der Waals surface area contributed by atoms with Gasteiger partial charge in [-0.15, -0.1) is 0 Å². The Balaban J connectivity index is 0.000000412. The predicted octanol–water partition coefficient (Wildman–Crippen LogP) is 5.20. The van der Waals surface area contributed by atoms with Crippen molar-refractivity contribution < 1.29 is 23.9 Å². The minimum absolute atomic E-state index is 0.00722. The molecule has 0 bridgehead atoms. The Morgan fingerprint density at radius 1 is 1.15 bits per heavy atom. The first-order valence-electron chi connectivity index (χ1n) is 9.15. The molecule has 0 atom stereocenters. The molecule has 0 radical (unpaired) electrons. The minimum Gasteiger partial charge on any atom is -0.454 e. The van der Waals surface area contributed by atoms with Crippen molar-refractivity contribution in [2.45, 2.75) is 52.9 Å².